The molecule has 0 amide bonds. The Balaban J connectivity index is 1.79. The van der Waals surface area contributed by atoms with Crippen molar-refractivity contribution in [1.29, 1.82) is 0 Å². The van der Waals surface area contributed by atoms with Gasteiger partial charge in [0.05, 0.1) is 12.6 Å². The minimum atomic E-state index is 0.194. The summed E-state index contributed by atoms with van der Waals surface area (Å²) >= 11 is 0. The zero-order valence-electron chi connectivity index (χ0n) is 9.97. The van der Waals surface area contributed by atoms with Crippen LogP contribution >= 0.6 is 0 Å². The molecular formula is C15H17NO. The first-order chi connectivity index (χ1) is 8.36. The predicted molar refractivity (Wildman–Crippen MR) is 69.2 cm³/mol. The van der Waals surface area contributed by atoms with E-state index in [4.69, 9.17) is 4.84 Å². The van der Waals surface area contributed by atoms with Crippen molar-refractivity contribution in [2.45, 2.75) is 19.6 Å². The standard InChI is InChI=1S/C15H17NO/c1-13(15-10-6-3-7-11-15)16-17-12-14-8-4-2-5-9-14/h2-11,13,16H,12H2,1H3. The molecule has 2 aromatic carbocycles. The second kappa shape index (κ2) is 6.18. The number of rotatable bonds is 5. The normalized spacial score (nSPS) is 12.3. The zero-order chi connectivity index (χ0) is 11.9. The monoisotopic (exact) mass is 227 g/mol. The summed E-state index contributed by atoms with van der Waals surface area (Å²) in [5.74, 6) is 0. The summed E-state index contributed by atoms with van der Waals surface area (Å²) in [6.07, 6.45) is 0. The molecule has 88 valence electrons. The zero-order valence-corrected chi connectivity index (χ0v) is 9.97. The Morgan fingerprint density at radius 2 is 1.53 bits per heavy atom. The van der Waals surface area contributed by atoms with Gasteiger partial charge >= 0.3 is 0 Å². The largest absolute Gasteiger partial charge is 0.296 e. The SMILES string of the molecule is CC(NOCc1ccccc1)c1ccccc1. The molecule has 1 unspecified atom stereocenters. The molecule has 0 aliphatic carbocycles. The van der Waals surface area contributed by atoms with E-state index in [1.165, 1.54) is 11.1 Å². The van der Waals surface area contributed by atoms with Gasteiger partial charge in [-0.25, -0.2) is 0 Å². The van der Waals surface area contributed by atoms with Gasteiger partial charge in [-0.15, -0.1) is 0 Å². The first kappa shape index (κ1) is 11.8. The van der Waals surface area contributed by atoms with Gasteiger partial charge in [0.15, 0.2) is 0 Å². The average molecular weight is 227 g/mol. The molecule has 0 aliphatic heterocycles. The third-order valence-electron chi connectivity index (χ3n) is 2.64. The van der Waals surface area contributed by atoms with Crippen LogP contribution in [0.5, 0.6) is 0 Å². The van der Waals surface area contributed by atoms with Gasteiger partial charge < -0.3 is 0 Å². The molecule has 1 atom stereocenters. The van der Waals surface area contributed by atoms with E-state index in [0.29, 0.717) is 6.61 Å². The van der Waals surface area contributed by atoms with Gasteiger partial charge in [-0.1, -0.05) is 60.7 Å². The van der Waals surface area contributed by atoms with Crippen molar-refractivity contribution in [3.8, 4) is 0 Å². The lowest BCUT2D eigenvalue weighted by molar-refractivity contribution is 0.00698. The van der Waals surface area contributed by atoms with Gasteiger partial charge in [0.1, 0.15) is 0 Å². The van der Waals surface area contributed by atoms with Crippen LogP contribution in [0.3, 0.4) is 0 Å². The van der Waals surface area contributed by atoms with Crippen LogP contribution in [-0.2, 0) is 11.4 Å². The lowest BCUT2D eigenvalue weighted by atomic mass is 10.1. The minimum Gasteiger partial charge on any atom is -0.296 e. The molecule has 0 saturated heterocycles. The fourth-order valence-electron chi connectivity index (χ4n) is 1.63. The number of hydrogen-bond acceptors (Lipinski definition) is 2. The van der Waals surface area contributed by atoms with Crippen molar-refractivity contribution in [2.75, 3.05) is 0 Å². The summed E-state index contributed by atoms with van der Waals surface area (Å²) in [5.41, 5.74) is 5.44. The molecule has 0 aliphatic rings. The van der Waals surface area contributed by atoms with Crippen LogP contribution in [0.25, 0.3) is 0 Å². The lowest BCUT2D eigenvalue weighted by Crippen LogP contribution is -2.18. The number of benzene rings is 2. The van der Waals surface area contributed by atoms with Crippen molar-refractivity contribution in [2.24, 2.45) is 0 Å². The highest BCUT2D eigenvalue weighted by atomic mass is 16.6. The molecule has 0 spiro atoms. The van der Waals surface area contributed by atoms with Gasteiger partial charge in [-0.3, -0.25) is 4.84 Å². The van der Waals surface area contributed by atoms with Crippen molar-refractivity contribution in [3.63, 3.8) is 0 Å². The summed E-state index contributed by atoms with van der Waals surface area (Å²) < 4.78 is 0. The third kappa shape index (κ3) is 3.70. The van der Waals surface area contributed by atoms with Crippen LogP contribution in [0.4, 0.5) is 0 Å². The van der Waals surface area contributed by atoms with Crippen molar-refractivity contribution in [1.82, 2.24) is 5.48 Å². The number of nitrogens with one attached hydrogen (secondary N) is 1. The summed E-state index contributed by atoms with van der Waals surface area (Å²) in [6, 6.07) is 20.6. The third-order valence-corrected chi connectivity index (χ3v) is 2.64. The van der Waals surface area contributed by atoms with Crippen molar-refractivity contribution >= 4 is 0 Å². The van der Waals surface area contributed by atoms with E-state index in [1.54, 1.807) is 0 Å². The molecule has 2 nitrogen and oxygen atoms in total. The minimum absolute atomic E-state index is 0.194. The Hall–Kier alpha value is -1.64. The Bertz CT molecular complexity index is 427. The highest BCUT2D eigenvalue weighted by Crippen LogP contribution is 2.11. The van der Waals surface area contributed by atoms with E-state index in [0.717, 1.165) is 0 Å². The van der Waals surface area contributed by atoms with E-state index in [2.05, 4.69) is 36.7 Å². The average Bonchev–Trinajstić information content (AvgIpc) is 2.41. The first-order valence-electron chi connectivity index (χ1n) is 5.82. The molecule has 0 aromatic heterocycles. The van der Waals surface area contributed by atoms with E-state index in [9.17, 15) is 0 Å². The smallest absolute Gasteiger partial charge is 0.0933 e. The van der Waals surface area contributed by atoms with Crippen LogP contribution < -0.4 is 5.48 Å². The van der Waals surface area contributed by atoms with Crippen LogP contribution in [-0.4, -0.2) is 0 Å². The highest BCUT2D eigenvalue weighted by Gasteiger charge is 2.03. The van der Waals surface area contributed by atoms with Crippen molar-refractivity contribution in [3.05, 3.63) is 71.8 Å². The maximum atomic E-state index is 5.49. The number of hydroxylamine groups is 1. The fraction of sp³-hybridized carbons (Fsp3) is 0.200. The molecule has 0 saturated carbocycles. The van der Waals surface area contributed by atoms with Gasteiger partial charge in [0.2, 0.25) is 0 Å². The summed E-state index contributed by atoms with van der Waals surface area (Å²) in [7, 11) is 0. The van der Waals surface area contributed by atoms with Crippen LogP contribution in [0, 0.1) is 0 Å². The molecule has 0 bridgehead atoms. The van der Waals surface area contributed by atoms with E-state index >= 15 is 0 Å². The van der Waals surface area contributed by atoms with E-state index in [1.807, 2.05) is 36.4 Å². The van der Waals surface area contributed by atoms with Gasteiger partial charge in [0.25, 0.3) is 0 Å². The molecule has 2 rings (SSSR count). The van der Waals surface area contributed by atoms with Crippen LogP contribution in [0.2, 0.25) is 0 Å². The number of hydrogen-bond donors (Lipinski definition) is 1. The van der Waals surface area contributed by atoms with Crippen LogP contribution in [0.15, 0.2) is 60.7 Å². The molecule has 1 N–H and O–H groups in total. The molecule has 2 aromatic rings. The Morgan fingerprint density at radius 3 is 2.18 bits per heavy atom. The molecule has 0 fully saturated rings. The van der Waals surface area contributed by atoms with Crippen LogP contribution in [0.1, 0.15) is 24.1 Å². The van der Waals surface area contributed by atoms with Gasteiger partial charge in [0, 0.05) is 0 Å². The lowest BCUT2D eigenvalue weighted by Gasteiger charge is -2.14. The Kier molecular flexibility index (Phi) is 4.30. The molecular weight excluding hydrogens is 210 g/mol. The molecule has 0 radical (unpaired) electrons. The van der Waals surface area contributed by atoms with Gasteiger partial charge in [-0.2, -0.15) is 5.48 Å². The quantitative estimate of drug-likeness (QED) is 0.790. The fourth-order valence-corrected chi connectivity index (χ4v) is 1.63. The van der Waals surface area contributed by atoms with E-state index in [-0.39, 0.29) is 6.04 Å². The second-order valence-electron chi connectivity index (χ2n) is 4.02. The maximum absolute atomic E-state index is 5.49. The first-order valence-corrected chi connectivity index (χ1v) is 5.82. The highest BCUT2D eigenvalue weighted by molar-refractivity contribution is 5.17. The van der Waals surface area contributed by atoms with E-state index < -0.39 is 0 Å². The summed E-state index contributed by atoms with van der Waals surface area (Å²) in [5, 5.41) is 0. The topological polar surface area (TPSA) is 21.3 Å². The summed E-state index contributed by atoms with van der Waals surface area (Å²) in [4.78, 5) is 5.49. The van der Waals surface area contributed by atoms with Crippen molar-refractivity contribution < 1.29 is 4.84 Å². The maximum Gasteiger partial charge on any atom is 0.0933 e. The Labute approximate surface area is 102 Å². The molecule has 2 heteroatoms. The predicted octanol–water partition coefficient (Wildman–Crippen LogP) is 3.47. The van der Waals surface area contributed by atoms with Gasteiger partial charge in [-0.05, 0) is 18.1 Å². The Morgan fingerprint density at radius 1 is 0.941 bits per heavy atom. The second-order valence-corrected chi connectivity index (χ2v) is 4.02. The molecule has 0 heterocycles. The summed E-state index contributed by atoms with van der Waals surface area (Å²) in [6.45, 7) is 2.67. The molecule has 17 heavy (non-hydrogen) atoms.